The molecule has 1 fully saturated rings. The third-order valence-electron chi connectivity index (χ3n) is 3.48. The first-order valence-corrected chi connectivity index (χ1v) is 5.97. The standard InChI is InChI=1S/C13H23NO2/c1-4-5-11(15)14-10-13(16)8-6-12(2,3)7-9-13/h4,16H,1,5-10H2,2-3H3,(H,14,15). The van der Waals surface area contributed by atoms with E-state index in [9.17, 15) is 9.90 Å². The van der Waals surface area contributed by atoms with E-state index in [-0.39, 0.29) is 5.91 Å². The molecule has 0 radical (unpaired) electrons. The minimum atomic E-state index is -0.702. The van der Waals surface area contributed by atoms with E-state index < -0.39 is 5.60 Å². The summed E-state index contributed by atoms with van der Waals surface area (Å²) in [7, 11) is 0. The maximum absolute atomic E-state index is 11.3. The van der Waals surface area contributed by atoms with Gasteiger partial charge in [0.25, 0.3) is 0 Å². The molecule has 1 aliphatic carbocycles. The molecule has 0 bridgehead atoms. The number of hydrogen-bond acceptors (Lipinski definition) is 2. The van der Waals surface area contributed by atoms with Gasteiger partial charge in [-0.25, -0.2) is 0 Å². The summed E-state index contributed by atoms with van der Waals surface area (Å²) in [5.74, 6) is -0.0618. The van der Waals surface area contributed by atoms with Crippen molar-refractivity contribution in [1.82, 2.24) is 5.32 Å². The van der Waals surface area contributed by atoms with E-state index in [1.807, 2.05) is 0 Å². The highest BCUT2D eigenvalue weighted by Crippen LogP contribution is 2.39. The highest BCUT2D eigenvalue weighted by molar-refractivity contribution is 5.77. The van der Waals surface area contributed by atoms with Gasteiger partial charge >= 0.3 is 0 Å². The number of carbonyl (C=O) groups is 1. The van der Waals surface area contributed by atoms with Crippen molar-refractivity contribution >= 4 is 5.91 Å². The normalized spacial score (nSPS) is 22.4. The lowest BCUT2D eigenvalue weighted by atomic mass is 9.71. The van der Waals surface area contributed by atoms with Crippen molar-refractivity contribution in [2.75, 3.05) is 6.54 Å². The molecular weight excluding hydrogens is 202 g/mol. The van der Waals surface area contributed by atoms with Crippen molar-refractivity contribution in [3.05, 3.63) is 12.7 Å². The van der Waals surface area contributed by atoms with Gasteiger partial charge in [-0.2, -0.15) is 0 Å². The summed E-state index contributed by atoms with van der Waals surface area (Å²) < 4.78 is 0. The first-order chi connectivity index (χ1) is 7.37. The summed E-state index contributed by atoms with van der Waals surface area (Å²) >= 11 is 0. The number of rotatable bonds is 4. The van der Waals surface area contributed by atoms with Crippen LogP contribution in [0.2, 0.25) is 0 Å². The Kier molecular flexibility index (Phi) is 4.14. The Morgan fingerprint density at radius 3 is 2.44 bits per heavy atom. The van der Waals surface area contributed by atoms with Gasteiger partial charge < -0.3 is 10.4 Å². The summed E-state index contributed by atoms with van der Waals surface area (Å²) in [6.07, 6.45) is 5.47. The van der Waals surface area contributed by atoms with E-state index in [1.165, 1.54) is 0 Å². The van der Waals surface area contributed by atoms with Crippen LogP contribution in [0.4, 0.5) is 0 Å². The molecule has 1 rings (SSSR count). The smallest absolute Gasteiger partial charge is 0.223 e. The Labute approximate surface area is 97.9 Å². The number of nitrogens with one attached hydrogen (secondary N) is 1. The van der Waals surface area contributed by atoms with Gasteiger partial charge in [0.1, 0.15) is 0 Å². The number of aliphatic hydroxyl groups is 1. The zero-order chi connectivity index (χ0) is 12.2. The quantitative estimate of drug-likeness (QED) is 0.719. The van der Waals surface area contributed by atoms with E-state index in [1.54, 1.807) is 6.08 Å². The molecule has 1 saturated carbocycles. The fourth-order valence-corrected chi connectivity index (χ4v) is 2.04. The first kappa shape index (κ1) is 13.2. The van der Waals surface area contributed by atoms with Crippen LogP contribution in [0.1, 0.15) is 46.0 Å². The number of amides is 1. The van der Waals surface area contributed by atoms with Crippen molar-refractivity contribution in [2.45, 2.75) is 51.6 Å². The Morgan fingerprint density at radius 1 is 1.38 bits per heavy atom. The minimum Gasteiger partial charge on any atom is -0.388 e. The highest BCUT2D eigenvalue weighted by Gasteiger charge is 2.36. The summed E-state index contributed by atoms with van der Waals surface area (Å²) in [6.45, 7) is 8.33. The molecule has 0 heterocycles. The predicted molar refractivity (Wildman–Crippen MR) is 65.0 cm³/mol. The fraction of sp³-hybridized carbons (Fsp3) is 0.769. The lowest BCUT2D eigenvalue weighted by molar-refractivity contribution is -0.122. The Balaban J connectivity index is 2.37. The molecule has 1 aliphatic rings. The van der Waals surface area contributed by atoms with Crippen molar-refractivity contribution in [1.29, 1.82) is 0 Å². The summed E-state index contributed by atoms with van der Waals surface area (Å²) in [5.41, 5.74) is -0.371. The molecule has 3 nitrogen and oxygen atoms in total. The van der Waals surface area contributed by atoms with E-state index in [0.717, 1.165) is 25.7 Å². The van der Waals surface area contributed by atoms with E-state index in [0.29, 0.717) is 18.4 Å². The lowest BCUT2D eigenvalue weighted by Crippen LogP contribution is -2.46. The second kappa shape index (κ2) is 5.00. The van der Waals surface area contributed by atoms with Crippen molar-refractivity contribution in [3.63, 3.8) is 0 Å². The SMILES string of the molecule is C=CCC(=O)NCC1(O)CCC(C)(C)CC1. The maximum atomic E-state index is 11.3. The number of hydrogen-bond donors (Lipinski definition) is 2. The van der Waals surface area contributed by atoms with Gasteiger partial charge in [-0.15, -0.1) is 6.58 Å². The Bertz CT molecular complexity index is 261. The minimum absolute atomic E-state index is 0.0618. The monoisotopic (exact) mass is 225 g/mol. The molecule has 0 saturated heterocycles. The van der Waals surface area contributed by atoms with Gasteiger partial charge in [-0.1, -0.05) is 19.9 Å². The van der Waals surface area contributed by atoms with Crippen LogP contribution in [-0.2, 0) is 4.79 Å². The predicted octanol–water partition coefficient (Wildman–Crippen LogP) is 2.01. The second-order valence-corrected chi connectivity index (χ2v) is 5.66. The molecule has 0 spiro atoms. The van der Waals surface area contributed by atoms with Crippen LogP contribution < -0.4 is 5.32 Å². The topological polar surface area (TPSA) is 49.3 Å². The number of carbonyl (C=O) groups excluding carboxylic acids is 1. The zero-order valence-corrected chi connectivity index (χ0v) is 10.4. The van der Waals surface area contributed by atoms with Crippen LogP contribution in [-0.4, -0.2) is 23.2 Å². The first-order valence-electron chi connectivity index (χ1n) is 5.97. The third kappa shape index (κ3) is 3.97. The largest absolute Gasteiger partial charge is 0.388 e. The van der Waals surface area contributed by atoms with Crippen LogP contribution >= 0.6 is 0 Å². The molecule has 0 atom stereocenters. The molecule has 0 aromatic rings. The average molecular weight is 225 g/mol. The van der Waals surface area contributed by atoms with Crippen LogP contribution in [0.15, 0.2) is 12.7 Å². The molecule has 3 heteroatoms. The lowest BCUT2D eigenvalue weighted by Gasteiger charge is -2.40. The summed E-state index contributed by atoms with van der Waals surface area (Å²) in [4.78, 5) is 11.3. The molecule has 2 N–H and O–H groups in total. The van der Waals surface area contributed by atoms with Crippen LogP contribution in [0, 0.1) is 5.41 Å². The van der Waals surface area contributed by atoms with E-state index >= 15 is 0 Å². The van der Waals surface area contributed by atoms with Gasteiger partial charge in [0.2, 0.25) is 5.91 Å². The highest BCUT2D eigenvalue weighted by atomic mass is 16.3. The van der Waals surface area contributed by atoms with E-state index in [2.05, 4.69) is 25.7 Å². The van der Waals surface area contributed by atoms with Gasteiger partial charge in [-0.3, -0.25) is 4.79 Å². The molecule has 0 unspecified atom stereocenters. The van der Waals surface area contributed by atoms with Gasteiger partial charge in [-0.05, 0) is 31.1 Å². The van der Waals surface area contributed by atoms with Gasteiger partial charge in [0.15, 0.2) is 0 Å². The Morgan fingerprint density at radius 2 is 1.94 bits per heavy atom. The van der Waals surface area contributed by atoms with Crippen LogP contribution in [0.3, 0.4) is 0 Å². The van der Waals surface area contributed by atoms with Crippen LogP contribution in [0.25, 0.3) is 0 Å². The van der Waals surface area contributed by atoms with E-state index in [4.69, 9.17) is 0 Å². The summed E-state index contributed by atoms with van der Waals surface area (Å²) in [6, 6.07) is 0. The molecule has 1 amide bonds. The van der Waals surface area contributed by atoms with Gasteiger partial charge in [0.05, 0.1) is 5.60 Å². The van der Waals surface area contributed by atoms with Crippen molar-refractivity contribution < 1.29 is 9.90 Å². The molecule has 16 heavy (non-hydrogen) atoms. The van der Waals surface area contributed by atoms with Crippen LogP contribution in [0.5, 0.6) is 0 Å². The summed E-state index contributed by atoms with van der Waals surface area (Å²) in [5, 5.41) is 13.0. The molecule has 0 aliphatic heterocycles. The molecule has 92 valence electrons. The molecular formula is C13H23NO2. The molecule has 0 aromatic heterocycles. The fourth-order valence-electron chi connectivity index (χ4n) is 2.04. The maximum Gasteiger partial charge on any atom is 0.223 e. The second-order valence-electron chi connectivity index (χ2n) is 5.66. The van der Waals surface area contributed by atoms with Crippen molar-refractivity contribution in [2.24, 2.45) is 5.41 Å². The van der Waals surface area contributed by atoms with Crippen molar-refractivity contribution in [3.8, 4) is 0 Å². The third-order valence-corrected chi connectivity index (χ3v) is 3.48. The van der Waals surface area contributed by atoms with Gasteiger partial charge in [0, 0.05) is 13.0 Å². The molecule has 0 aromatic carbocycles. The zero-order valence-electron chi connectivity index (χ0n) is 10.4. The average Bonchev–Trinajstić information content (AvgIpc) is 2.21. The Hall–Kier alpha value is -0.830.